The summed E-state index contributed by atoms with van der Waals surface area (Å²) in [5, 5.41) is 3.43. The molecule has 1 aliphatic rings. The van der Waals surface area contributed by atoms with Crippen LogP contribution in [0, 0.1) is 6.92 Å². The lowest BCUT2D eigenvalue weighted by molar-refractivity contribution is -0.130. The van der Waals surface area contributed by atoms with Gasteiger partial charge in [-0.05, 0) is 43.7 Å². The fourth-order valence-corrected chi connectivity index (χ4v) is 4.09. The molecule has 1 aromatic carbocycles. The van der Waals surface area contributed by atoms with Crippen LogP contribution in [0.5, 0.6) is 5.75 Å². The average Bonchev–Trinajstić information content (AvgIpc) is 3.29. The van der Waals surface area contributed by atoms with Crippen LogP contribution in [-0.2, 0) is 11.3 Å². The highest BCUT2D eigenvalue weighted by Crippen LogP contribution is 2.30. The van der Waals surface area contributed by atoms with Gasteiger partial charge in [-0.15, -0.1) is 0 Å². The van der Waals surface area contributed by atoms with Crippen LogP contribution in [0.4, 0.5) is 11.4 Å². The van der Waals surface area contributed by atoms with Gasteiger partial charge in [-0.3, -0.25) is 14.6 Å². The molecule has 1 amide bonds. The van der Waals surface area contributed by atoms with Gasteiger partial charge >= 0.3 is 0 Å². The minimum atomic E-state index is -0.0837. The summed E-state index contributed by atoms with van der Waals surface area (Å²) in [5.41, 5.74) is 3.75. The Labute approximate surface area is 187 Å². The van der Waals surface area contributed by atoms with Crippen molar-refractivity contribution in [1.29, 1.82) is 0 Å². The molecule has 4 rings (SSSR count). The summed E-state index contributed by atoms with van der Waals surface area (Å²) in [7, 11) is 1.65. The highest BCUT2D eigenvalue weighted by Gasteiger charge is 2.28. The van der Waals surface area contributed by atoms with E-state index in [0.29, 0.717) is 26.1 Å². The molecule has 1 N–H and O–H groups in total. The molecule has 1 fully saturated rings. The number of carbonyl (C=O) groups excluding carboxylic acids is 1. The summed E-state index contributed by atoms with van der Waals surface area (Å²) in [4.78, 5) is 31.2. The van der Waals surface area contributed by atoms with Gasteiger partial charge in [0.2, 0.25) is 5.91 Å². The second-order valence-electron chi connectivity index (χ2n) is 8.09. The van der Waals surface area contributed by atoms with Gasteiger partial charge in [0.15, 0.2) is 0 Å². The number of aryl methyl sites for hydroxylation is 2. The molecular formula is C25H28N4O3. The van der Waals surface area contributed by atoms with Crippen LogP contribution in [0.25, 0.3) is 0 Å². The smallest absolute Gasteiger partial charge is 0.250 e. The number of nitrogens with zero attached hydrogens (tertiary/aromatic N) is 3. The molecule has 32 heavy (non-hydrogen) atoms. The number of pyridine rings is 2. The van der Waals surface area contributed by atoms with Crippen molar-refractivity contribution in [3.63, 3.8) is 0 Å². The lowest BCUT2D eigenvalue weighted by atomic mass is 10.0. The molecule has 0 spiro atoms. The zero-order chi connectivity index (χ0) is 22.5. The number of hydrogen-bond donors (Lipinski definition) is 1. The summed E-state index contributed by atoms with van der Waals surface area (Å²) in [6.07, 6.45) is 2.92. The second kappa shape index (κ2) is 9.68. The van der Waals surface area contributed by atoms with Crippen molar-refractivity contribution in [2.45, 2.75) is 32.2 Å². The molecular weight excluding hydrogens is 404 g/mol. The van der Waals surface area contributed by atoms with Crippen LogP contribution in [0.1, 0.15) is 30.1 Å². The average molecular weight is 433 g/mol. The molecule has 1 saturated heterocycles. The summed E-state index contributed by atoms with van der Waals surface area (Å²) < 4.78 is 6.87. The third-order valence-electron chi connectivity index (χ3n) is 5.76. The van der Waals surface area contributed by atoms with Gasteiger partial charge in [0.25, 0.3) is 5.56 Å². The number of anilines is 2. The van der Waals surface area contributed by atoms with E-state index >= 15 is 0 Å². The van der Waals surface area contributed by atoms with Gasteiger partial charge in [0.05, 0.1) is 7.11 Å². The molecule has 7 nitrogen and oxygen atoms in total. The van der Waals surface area contributed by atoms with Gasteiger partial charge in [-0.1, -0.05) is 12.1 Å². The summed E-state index contributed by atoms with van der Waals surface area (Å²) in [6.45, 7) is 3.74. The maximum absolute atomic E-state index is 12.7. The number of aromatic nitrogens is 2. The normalized spacial score (nSPS) is 15.6. The van der Waals surface area contributed by atoms with Crippen molar-refractivity contribution < 1.29 is 9.53 Å². The topological polar surface area (TPSA) is 76.5 Å². The Kier molecular flexibility index (Phi) is 6.54. The van der Waals surface area contributed by atoms with Crippen LogP contribution in [0.2, 0.25) is 0 Å². The first-order chi connectivity index (χ1) is 15.5. The number of nitrogens with one attached hydrogen (secondary N) is 1. The lowest BCUT2D eigenvalue weighted by Crippen LogP contribution is -2.30. The number of ether oxygens (including phenoxy) is 1. The monoisotopic (exact) mass is 432 g/mol. The van der Waals surface area contributed by atoms with E-state index in [4.69, 9.17) is 9.72 Å². The van der Waals surface area contributed by atoms with Crippen molar-refractivity contribution in [3.05, 3.63) is 82.5 Å². The number of likely N-dealkylation sites (tertiary alicyclic amines) is 1. The Morgan fingerprint density at radius 2 is 2.03 bits per heavy atom. The fourth-order valence-electron chi connectivity index (χ4n) is 4.09. The van der Waals surface area contributed by atoms with E-state index in [9.17, 15) is 9.59 Å². The van der Waals surface area contributed by atoms with Crippen molar-refractivity contribution in [2.75, 3.05) is 25.5 Å². The Morgan fingerprint density at radius 3 is 2.84 bits per heavy atom. The third kappa shape index (κ3) is 5.17. The Morgan fingerprint density at radius 1 is 1.16 bits per heavy atom. The molecule has 2 aromatic heterocycles. The van der Waals surface area contributed by atoms with E-state index in [-0.39, 0.29) is 17.4 Å². The van der Waals surface area contributed by atoms with Crippen LogP contribution in [0.15, 0.2) is 65.6 Å². The molecule has 7 heteroatoms. The van der Waals surface area contributed by atoms with Crippen molar-refractivity contribution in [1.82, 2.24) is 14.5 Å². The standard InChI is InChI=1S/C25H28N4O3/c1-18-14-21(27-20-6-5-7-22(15-20)32-2)16-23(26-18)19-9-12-29(17-19)25(31)10-13-28-11-4-3-8-24(28)30/h3-8,11,14-16,19H,9-10,12-13,17H2,1-2H3,(H,26,27)/t19-/m0/s1. The Hall–Kier alpha value is -3.61. The van der Waals surface area contributed by atoms with Gasteiger partial charge in [0.1, 0.15) is 5.75 Å². The molecule has 0 saturated carbocycles. The highest BCUT2D eigenvalue weighted by molar-refractivity contribution is 5.76. The zero-order valence-electron chi connectivity index (χ0n) is 18.5. The van der Waals surface area contributed by atoms with Crippen molar-refractivity contribution in [2.24, 2.45) is 0 Å². The summed E-state index contributed by atoms with van der Waals surface area (Å²) >= 11 is 0. The quantitative estimate of drug-likeness (QED) is 0.616. The van der Waals surface area contributed by atoms with Gasteiger partial charge in [-0.25, -0.2) is 0 Å². The minimum Gasteiger partial charge on any atom is -0.497 e. The van der Waals surface area contributed by atoms with E-state index in [1.54, 1.807) is 30.0 Å². The van der Waals surface area contributed by atoms with E-state index in [2.05, 4.69) is 11.4 Å². The first kappa shape index (κ1) is 21.6. The molecule has 1 atom stereocenters. The number of methoxy groups -OCH3 is 1. The van der Waals surface area contributed by atoms with Crippen LogP contribution >= 0.6 is 0 Å². The predicted molar refractivity (Wildman–Crippen MR) is 125 cm³/mol. The molecule has 3 heterocycles. The number of benzene rings is 1. The third-order valence-corrected chi connectivity index (χ3v) is 5.76. The van der Waals surface area contributed by atoms with Crippen LogP contribution in [-0.4, -0.2) is 40.6 Å². The molecule has 0 aliphatic carbocycles. The lowest BCUT2D eigenvalue weighted by Gasteiger charge is -2.17. The van der Waals surface area contributed by atoms with Crippen LogP contribution in [0.3, 0.4) is 0 Å². The summed E-state index contributed by atoms with van der Waals surface area (Å²) in [6, 6.07) is 16.9. The molecule has 0 unspecified atom stereocenters. The van der Waals surface area contributed by atoms with Crippen molar-refractivity contribution >= 4 is 17.3 Å². The largest absolute Gasteiger partial charge is 0.497 e. The van der Waals surface area contributed by atoms with E-state index in [0.717, 1.165) is 34.9 Å². The van der Waals surface area contributed by atoms with Crippen molar-refractivity contribution in [3.8, 4) is 5.75 Å². The van der Waals surface area contributed by atoms with Gasteiger partial charge < -0.3 is 19.5 Å². The number of hydrogen-bond acceptors (Lipinski definition) is 5. The number of amides is 1. The number of carbonyl (C=O) groups is 1. The zero-order valence-corrected chi connectivity index (χ0v) is 18.5. The van der Waals surface area contributed by atoms with Crippen LogP contribution < -0.4 is 15.6 Å². The molecule has 166 valence electrons. The molecule has 0 radical (unpaired) electrons. The van der Waals surface area contributed by atoms with Gasteiger partial charge in [-0.2, -0.15) is 0 Å². The van der Waals surface area contributed by atoms with Gasteiger partial charge in [0, 0.05) is 73.1 Å². The van der Waals surface area contributed by atoms with E-state index in [1.165, 1.54) is 6.07 Å². The first-order valence-corrected chi connectivity index (χ1v) is 10.8. The maximum atomic E-state index is 12.7. The molecule has 0 bridgehead atoms. The second-order valence-corrected chi connectivity index (χ2v) is 8.09. The summed E-state index contributed by atoms with van der Waals surface area (Å²) in [5.74, 6) is 1.07. The first-order valence-electron chi connectivity index (χ1n) is 10.8. The highest BCUT2D eigenvalue weighted by atomic mass is 16.5. The predicted octanol–water partition coefficient (Wildman–Crippen LogP) is 3.71. The Bertz CT molecular complexity index is 1160. The fraction of sp³-hybridized carbons (Fsp3) is 0.320. The SMILES string of the molecule is COc1cccc(Nc2cc(C)nc([C@H]3CCN(C(=O)CCn4ccccc4=O)C3)c2)c1. The number of rotatable bonds is 7. The maximum Gasteiger partial charge on any atom is 0.250 e. The molecule has 3 aromatic rings. The minimum absolute atomic E-state index is 0.0747. The van der Waals surface area contributed by atoms with E-state index < -0.39 is 0 Å². The molecule has 1 aliphatic heterocycles. The van der Waals surface area contributed by atoms with E-state index in [1.807, 2.05) is 42.2 Å². The Balaban J connectivity index is 1.40.